The van der Waals surface area contributed by atoms with Gasteiger partial charge in [0, 0.05) is 17.1 Å². The molecule has 0 radical (unpaired) electrons. The molecule has 0 saturated carbocycles. The summed E-state index contributed by atoms with van der Waals surface area (Å²) in [7, 11) is -3.10. The topological polar surface area (TPSA) is 94.8 Å². The molecule has 0 bridgehead atoms. The standard InChI is InChI=1S/C31H44N6O2SSi/c1-10-12-26(36-40(38)30(2,3)4)25-17-18-32-29(35-25)22-15-16-23-20-33-37(27(23)19-22)28-14-11-13-24(34-28)21-39-41(8,9)31(5,6)7/h11,13-20,26,36H,10,12,21H2,1-9H3/t26-,40+/m0/s1. The highest BCUT2D eigenvalue weighted by Gasteiger charge is 2.37. The van der Waals surface area contributed by atoms with Crippen LogP contribution in [0.1, 0.15) is 78.7 Å². The van der Waals surface area contributed by atoms with Crippen LogP contribution in [0.25, 0.3) is 28.1 Å². The summed E-state index contributed by atoms with van der Waals surface area (Å²) in [6.07, 6.45) is 5.39. The summed E-state index contributed by atoms with van der Waals surface area (Å²) >= 11 is 0. The Morgan fingerprint density at radius 2 is 1.80 bits per heavy atom. The van der Waals surface area contributed by atoms with E-state index < -0.39 is 19.3 Å². The highest BCUT2D eigenvalue weighted by atomic mass is 32.2. The lowest BCUT2D eigenvalue weighted by Gasteiger charge is -2.36. The van der Waals surface area contributed by atoms with Gasteiger partial charge in [-0.3, -0.25) is 0 Å². The molecule has 0 saturated heterocycles. The first-order valence-corrected chi connectivity index (χ1v) is 18.3. The lowest BCUT2D eigenvalue weighted by molar-refractivity contribution is 0.272. The number of pyridine rings is 1. The van der Waals surface area contributed by atoms with E-state index in [4.69, 9.17) is 14.4 Å². The van der Waals surface area contributed by atoms with Crippen LogP contribution in [0, 0.1) is 0 Å². The van der Waals surface area contributed by atoms with Crippen LogP contribution in [-0.2, 0) is 22.0 Å². The molecule has 0 unspecified atom stereocenters. The number of fused-ring (bicyclic) bond motifs is 1. The molecule has 0 aliphatic rings. The monoisotopic (exact) mass is 592 g/mol. The molecule has 10 heteroatoms. The van der Waals surface area contributed by atoms with Crippen molar-refractivity contribution < 1.29 is 8.63 Å². The van der Waals surface area contributed by atoms with E-state index >= 15 is 0 Å². The average molecular weight is 593 g/mol. The van der Waals surface area contributed by atoms with E-state index in [1.165, 1.54) is 0 Å². The Balaban J connectivity index is 1.64. The molecular formula is C31H44N6O2SSi. The molecule has 0 aliphatic heterocycles. The van der Waals surface area contributed by atoms with Crippen molar-refractivity contribution in [2.45, 2.75) is 96.8 Å². The van der Waals surface area contributed by atoms with E-state index in [0.717, 1.165) is 46.5 Å². The van der Waals surface area contributed by atoms with E-state index in [-0.39, 0.29) is 15.8 Å². The first-order chi connectivity index (χ1) is 19.2. The van der Waals surface area contributed by atoms with E-state index in [1.807, 2.05) is 68.0 Å². The molecule has 4 rings (SSSR count). The molecule has 0 fully saturated rings. The molecular weight excluding hydrogens is 549 g/mol. The predicted octanol–water partition coefficient (Wildman–Crippen LogP) is 7.29. The minimum atomic E-state index is -1.89. The van der Waals surface area contributed by atoms with Crippen molar-refractivity contribution in [3.05, 3.63) is 66.2 Å². The number of hydrogen-bond donors (Lipinski definition) is 1. The zero-order valence-corrected chi connectivity index (χ0v) is 27.7. The summed E-state index contributed by atoms with van der Waals surface area (Å²) in [5.74, 6) is 1.35. The largest absolute Gasteiger partial charge is 0.411 e. The number of hydrogen-bond acceptors (Lipinski definition) is 6. The van der Waals surface area contributed by atoms with Crippen LogP contribution in [0.4, 0.5) is 0 Å². The average Bonchev–Trinajstić information content (AvgIpc) is 3.34. The number of nitrogens with one attached hydrogen (secondary N) is 1. The maximum absolute atomic E-state index is 12.9. The van der Waals surface area contributed by atoms with Crippen molar-refractivity contribution in [2.24, 2.45) is 0 Å². The first kappa shape index (κ1) is 31.1. The van der Waals surface area contributed by atoms with Gasteiger partial charge in [0.25, 0.3) is 0 Å². The number of aromatic nitrogens is 5. The van der Waals surface area contributed by atoms with Crippen molar-refractivity contribution in [3.8, 4) is 17.2 Å². The summed E-state index contributed by atoms with van der Waals surface area (Å²) < 4.78 is 24.1. The number of benzene rings is 1. The van der Waals surface area contributed by atoms with Crippen LogP contribution in [-0.4, -0.2) is 42.0 Å². The molecule has 220 valence electrons. The second-order valence-corrected chi connectivity index (χ2v) is 19.8. The van der Waals surface area contributed by atoms with Crippen molar-refractivity contribution in [2.75, 3.05) is 0 Å². The van der Waals surface area contributed by atoms with Gasteiger partial charge in [0.1, 0.15) is 0 Å². The van der Waals surface area contributed by atoms with Gasteiger partial charge in [0.15, 0.2) is 20.0 Å². The summed E-state index contributed by atoms with van der Waals surface area (Å²) in [6.45, 7) is 19.7. The zero-order chi connectivity index (χ0) is 30.0. The van der Waals surface area contributed by atoms with Gasteiger partial charge in [-0.15, -0.1) is 0 Å². The third kappa shape index (κ3) is 7.35. The highest BCUT2D eigenvalue weighted by Crippen LogP contribution is 2.37. The van der Waals surface area contributed by atoms with Crippen LogP contribution in [0.5, 0.6) is 0 Å². The Hall–Kier alpha value is -2.79. The molecule has 4 aromatic rings. The van der Waals surface area contributed by atoms with Gasteiger partial charge in [-0.05, 0) is 69.6 Å². The molecule has 0 spiro atoms. The molecule has 0 aliphatic carbocycles. The van der Waals surface area contributed by atoms with Gasteiger partial charge >= 0.3 is 0 Å². The fourth-order valence-corrected chi connectivity index (χ4v) is 5.84. The normalized spacial score (nSPS) is 14.4. The minimum absolute atomic E-state index is 0.128. The second kappa shape index (κ2) is 12.2. The maximum atomic E-state index is 12.9. The second-order valence-electron chi connectivity index (χ2n) is 13.0. The lowest BCUT2D eigenvalue weighted by atomic mass is 10.1. The summed E-state index contributed by atoms with van der Waals surface area (Å²) in [5.41, 5.74) is 3.51. The van der Waals surface area contributed by atoms with E-state index in [9.17, 15) is 4.21 Å². The Morgan fingerprint density at radius 1 is 1.05 bits per heavy atom. The van der Waals surface area contributed by atoms with Crippen LogP contribution in [0.2, 0.25) is 18.1 Å². The fraction of sp³-hybridized carbons (Fsp3) is 0.484. The van der Waals surface area contributed by atoms with Gasteiger partial charge in [-0.2, -0.15) is 5.10 Å². The highest BCUT2D eigenvalue weighted by molar-refractivity contribution is 7.84. The Bertz CT molecular complexity index is 1520. The fourth-order valence-electron chi connectivity index (χ4n) is 4.04. The molecule has 1 N–H and O–H groups in total. The Labute approximate surface area is 248 Å². The summed E-state index contributed by atoms with van der Waals surface area (Å²) in [5, 5.41) is 5.79. The van der Waals surface area contributed by atoms with Crippen molar-refractivity contribution in [3.63, 3.8) is 0 Å². The summed E-state index contributed by atoms with van der Waals surface area (Å²) in [4.78, 5) is 14.4. The Kier molecular flexibility index (Phi) is 9.28. The molecule has 3 heterocycles. The maximum Gasteiger partial charge on any atom is 0.192 e. The van der Waals surface area contributed by atoms with Gasteiger partial charge in [-0.1, -0.05) is 52.3 Å². The molecule has 8 nitrogen and oxygen atoms in total. The zero-order valence-electron chi connectivity index (χ0n) is 25.9. The minimum Gasteiger partial charge on any atom is -0.411 e. The molecule has 1 aromatic carbocycles. The smallest absolute Gasteiger partial charge is 0.192 e. The number of nitrogens with zero attached hydrogens (tertiary/aromatic N) is 5. The predicted molar refractivity (Wildman–Crippen MR) is 171 cm³/mol. The molecule has 2 atom stereocenters. The van der Waals surface area contributed by atoms with Crippen LogP contribution >= 0.6 is 0 Å². The number of rotatable bonds is 10. The third-order valence-corrected chi connectivity index (χ3v) is 13.7. The Morgan fingerprint density at radius 3 is 2.49 bits per heavy atom. The third-order valence-electron chi connectivity index (χ3n) is 7.64. The molecule has 41 heavy (non-hydrogen) atoms. The van der Waals surface area contributed by atoms with Crippen LogP contribution < -0.4 is 4.72 Å². The van der Waals surface area contributed by atoms with Crippen molar-refractivity contribution in [1.29, 1.82) is 0 Å². The summed E-state index contributed by atoms with van der Waals surface area (Å²) in [6, 6.07) is 13.8. The van der Waals surface area contributed by atoms with Gasteiger partial charge in [0.05, 0.1) is 51.5 Å². The first-order valence-electron chi connectivity index (χ1n) is 14.3. The lowest BCUT2D eigenvalue weighted by Crippen LogP contribution is -2.40. The quantitative estimate of drug-likeness (QED) is 0.194. The SMILES string of the molecule is CCC[C@H](N[S@](=O)C(C)(C)C)c1ccnc(-c2ccc3cnn(-c4cccc(CO[Si](C)(C)C(C)(C)C)n4)c3c2)n1. The van der Waals surface area contributed by atoms with Crippen molar-refractivity contribution in [1.82, 2.24) is 29.5 Å². The van der Waals surface area contributed by atoms with Gasteiger partial charge in [0.2, 0.25) is 0 Å². The molecule has 0 amide bonds. The molecule has 3 aromatic heterocycles. The van der Waals surface area contributed by atoms with Gasteiger partial charge < -0.3 is 4.43 Å². The van der Waals surface area contributed by atoms with E-state index in [1.54, 1.807) is 6.20 Å². The van der Waals surface area contributed by atoms with E-state index in [2.05, 4.69) is 61.7 Å². The van der Waals surface area contributed by atoms with Crippen LogP contribution in [0.15, 0.2) is 54.9 Å². The van der Waals surface area contributed by atoms with Crippen LogP contribution in [0.3, 0.4) is 0 Å². The van der Waals surface area contributed by atoms with E-state index in [0.29, 0.717) is 12.4 Å². The van der Waals surface area contributed by atoms with Gasteiger partial charge in [-0.25, -0.2) is 28.6 Å². The van der Waals surface area contributed by atoms with Crippen molar-refractivity contribution >= 4 is 30.2 Å².